The number of carbonyl (C=O) groups is 2. The fraction of sp³-hybridized carbons (Fsp3) is 0.448. The van der Waals surface area contributed by atoms with E-state index in [-0.39, 0.29) is 48.2 Å². The summed E-state index contributed by atoms with van der Waals surface area (Å²) in [6.45, 7) is 9.41. The van der Waals surface area contributed by atoms with Gasteiger partial charge in [0.05, 0.1) is 34.8 Å². The van der Waals surface area contributed by atoms with Crippen LogP contribution in [0.25, 0.3) is 10.9 Å². The highest BCUT2D eigenvalue weighted by Crippen LogP contribution is 2.27. The van der Waals surface area contributed by atoms with Crippen LogP contribution in [0.3, 0.4) is 0 Å². The number of amides is 1. The molecule has 9 nitrogen and oxygen atoms in total. The van der Waals surface area contributed by atoms with Gasteiger partial charge in [-0.1, -0.05) is 24.6 Å². The summed E-state index contributed by atoms with van der Waals surface area (Å²) < 4.78 is 8.17. The molecule has 1 fully saturated rings. The van der Waals surface area contributed by atoms with E-state index in [1.54, 1.807) is 41.8 Å². The monoisotopic (exact) mass is 554 g/mol. The van der Waals surface area contributed by atoms with Gasteiger partial charge >= 0.3 is 5.69 Å². The molecule has 2 heterocycles. The summed E-state index contributed by atoms with van der Waals surface area (Å²) in [7, 11) is 0. The molecule has 0 spiro atoms. The number of fused-ring (bicyclic) bond motifs is 1. The molecular formula is C29H35ClN4O5. The molecule has 1 atom stereocenters. The Bertz CT molecular complexity index is 1490. The van der Waals surface area contributed by atoms with Crippen LogP contribution in [0.15, 0.2) is 46.0 Å². The molecule has 0 bridgehead atoms. The highest BCUT2D eigenvalue weighted by Gasteiger charge is 2.18. The van der Waals surface area contributed by atoms with E-state index in [1.807, 2.05) is 19.9 Å². The molecule has 3 aromatic rings. The number of halogens is 1. The summed E-state index contributed by atoms with van der Waals surface area (Å²) in [6.07, 6.45) is 0.451. The van der Waals surface area contributed by atoms with Crippen LogP contribution in [0.5, 0.6) is 0 Å². The summed E-state index contributed by atoms with van der Waals surface area (Å²) in [5.74, 6) is -0.311. The van der Waals surface area contributed by atoms with Gasteiger partial charge in [-0.05, 0) is 55.7 Å². The van der Waals surface area contributed by atoms with Crippen LogP contribution < -0.4 is 21.5 Å². The summed E-state index contributed by atoms with van der Waals surface area (Å²) >= 11 is 6.46. The molecule has 1 saturated heterocycles. The minimum absolute atomic E-state index is 0.00800. The first-order chi connectivity index (χ1) is 18.7. The number of Topliss-reactive ketones (excluding diaryl/α,β-unsaturated/α-hetero) is 1. The van der Waals surface area contributed by atoms with Crippen LogP contribution >= 0.6 is 11.6 Å². The molecule has 10 heteroatoms. The SMILES string of the molecule is CCn1c(=O)c2cc(CC(=O)CC(C)CNC(=O)c3ccc(N4CCOCC4)c(Cl)c3)ccc2n(CC)c1=O. The van der Waals surface area contributed by atoms with Crippen molar-refractivity contribution in [3.8, 4) is 0 Å². The van der Waals surface area contributed by atoms with Crippen LogP contribution in [0, 0.1) is 5.92 Å². The average molecular weight is 555 g/mol. The lowest BCUT2D eigenvalue weighted by molar-refractivity contribution is -0.119. The van der Waals surface area contributed by atoms with Crippen molar-refractivity contribution in [3.05, 3.63) is 73.4 Å². The molecular weight excluding hydrogens is 520 g/mol. The van der Waals surface area contributed by atoms with Gasteiger partial charge in [-0.3, -0.25) is 23.5 Å². The Morgan fingerprint density at radius 3 is 2.41 bits per heavy atom. The maximum atomic E-state index is 12.9. The topological polar surface area (TPSA) is 103 Å². The lowest BCUT2D eigenvalue weighted by atomic mass is 9.99. The zero-order valence-corrected chi connectivity index (χ0v) is 23.4. The Morgan fingerprint density at radius 1 is 1.03 bits per heavy atom. The van der Waals surface area contributed by atoms with E-state index in [1.165, 1.54) is 4.57 Å². The third-order valence-corrected chi connectivity index (χ3v) is 7.37. The lowest BCUT2D eigenvalue weighted by Gasteiger charge is -2.29. The van der Waals surface area contributed by atoms with Crippen molar-refractivity contribution in [2.24, 2.45) is 5.92 Å². The van der Waals surface area contributed by atoms with E-state index < -0.39 is 0 Å². The smallest absolute Gasteiger partial charge is 0.331 e. The average Bonchev–Trinajstić information content (AvgIpc) is 2.93. The van der Waals surface area contributed by atoms with Gasteiger partial charge in [0, 0.05) is 51.1 Å². The number of anilines is 1. The number of nitrogens with one attached hydrogen (secondary N) is 1. The molecule has 1 aliphatic heterocycles. The van der Waals surface area contributed by atoms with Crippen LogP contribution in [-0.4, -0.2) is 53.7 Å². The molecule has 1 unspecified atom stereocenters. The molecule has 208 valence electrons. The third kappa shape index (κ3) is 6.42. The van der Waals surface area contributed by atoms with Crippen molar-refractivity contribution < 1.29 is 14.3 Å². The standard InChI is InChI=1S/C29H35ClN4O5/c1-4-33-25-8-6-20(16-23(25)28(37)34(5-2)29(33)38)15-22(35)14-19(3)18-31-27(36)21-7-9-26(24(30)17-21)32-10-12-39-13-11-32/h6-9,16-17,19H,4-5,10-15,18H2,1-3H3,(H,31,36). The molecule has 1 aliphatic rings. The number of benzene rings is 2. The van der Waals surface area contributed by atoms with Gasteiger partial charge in [-0.2, -0.15) is 0 Å². The van der Waals surface area contributed by atoms with Crippen molar-refractivity contribution in [1.82, 2.24) is 14.5 Å². The number of rotatable bonds is 10. The molecule has 1 N–H and O–H groups in total. The number of aryl methyl sites for hydroxylation is 1. The molecule has 4 rings (SSSR count). The van der Waals surface area contributed by atoms with Gasteiger partial charge in [0.15, 0.2) is 0 Å². The minimum atomic E-state index is -0.342. The van der Waals surface area contributed by atoms with Crippen molar-refractivity contribution in [2.45, 2.75) is 46.7 Å². The lowest BCUT2D eigenvalue weighted by Crippen LogP contribution is -2.39. The van der Waals surface area contributed by atoms with Gasteiger partial charge in [0.2, 0.25) is 0 Å². The Morgan fingerprint density at radius 2 is 1.74 bits per heavy atom. The number of nitrogens with zero attached hydrogens (tertiary/aromatic N) is 3. The van der Waals surface area contributed by atoms with E-state index in [9.17, 15) is 19.2 Å². The van der Waals surface area contributed by atoms with E-state index in [4.69, 9.17) is 16.3 Å². The van der Waals surface area contributed by atoms with Crippen LogP contribution in [0.4, 0.5) is 5.69 Å². The number of aromatic nitrogens is 2. The van der Waals surface area contributed by atoms with Gasteiger partial charge < -0.3 is 15.0 Å². The highest BCUT2D eigenvalue weighted by molar-refractivity contribution is 6.33. The zero-order chi connectivity index (χ0) is 28.1. The molecule has 0 radical (unpaired) electrons. The molecule has 1 amide bonds. The third-order valence-electron chi connectivity index (χ3n) is 7.07. The molecule has 39 heavy (non-hydrogen) atoms. The number of hydrogen-bond acceptors (Lipinski definition) is 6. The van der Waals surface area contributed by atoms with Crippen molar-refractivity contribution in [2.75, 3.05) is 37.7 Å². The van der Waals surface area contributed by atoms with Crippen LogP contribution in [-0.2, 0) is 29.0 Å². The Labute approximate surface area is 232 Å². The second-order valence-electron chi connectivity index (χ2n) is 9.93. The van der Waals surface area contributed by atoms with Crippen molar-refractivity contribution >= 4 is 39.9 Å². The van der Waals surface area contributed by atoms with E-state index in [2.05, 4.69) is 10.2 Å². The Hall–Kier alpha value is -3.43. The predicted molar refractivity (Wildman–Crippen MR) is 153 cm³/mol. The zero-order valence-electron chi connectivity index (χ0n) is 22.7. The number of carbonyl (C=O) groups excluding carboxylic acids is 2. The van der Waals surface area contributed by atoms with Gasteiger partial charge in [-0.25, -0.2) is 4.79 Å². The Kier molecular flexibility index (Phi) is 9.24. The summed E-state index contributed by atoms with van der Waals surface area (Å²) in [4.78, 5) is 53.1. The first kappa shape index (κ1) is 28.6. The van der Waals surface area contributed by atoms with Gasteiger partial charge in [-0.15, -0.1) is 0 Å². The fourth-order valence-electron chi connectivity index (χ4n) is 5.00. The predicted octanol–water partition coefficient (Wildman–Crippen LogP) is 3.26. The number of morpholine rings is 1. The highest BCUT2D eigenvalue weighted by atomic mass is 35.5. The summed E-state index contributed by atoms with van der Waals surface area (Å²) in [5.41, 5.74) is 1.98. The molecule has 2 aromatic carbocycles. The normalized spacial score (nSPS) is 14.4. The summed E-state index contributed by atoms with van der Waals surface area (Å²) in [6, 6.07) is 10.5. The van der Waals surface area contributed by atoms with Gasteiger partial charge in [0.25, 0.3) is 11.5 Å². The maximum absolute atomic E-state index is 12.9. The second-order valence-corrected chi connectivity index (χ2v) is 10.3. The van der Waals surface area contributed by atoms with Crippen LogP contribution in [0.1, 0.15) is 43.1 Å². The Balaban J connectivity index is 1.35. The van der Waals surface area contributed by atoms with Crippen LogP contribution in [0.2, 0.25) is 5.02 Å². The maximum Gasteiger partial charge on any atom is 0.331 e. The van der Waals surface area contributed by atoms with Gasteiger partial charge in [0.1, 0.15) is 5.78 Å². The van der Waals surface area contributed by atoms with E-state index in [0.29, 0.717) is 47.8 Å². The first-order valence-electron chi connectivity index (χ1n) is 13.4. The quantitative estimate of drug-likeness (QED) is 0.413. The van der Waals surface area contributed by atoms with E-state index in [0.717, 1.165) is 24.3 Å². The molecule has 0 aliphatic carbocycles. The van der Waals surface area contributed by atoms with Crippen molar-refractivity contribution in [1.29, 1.82) is 0 Å². The molecule has 1 aromatic heterocycles. The number of ketones is 1. The first-order valence-corrected chi connectivity index (χ1v) is 13.8. The number of hydrogen-bond donors (Lipinski definition) is 1. The second kappa shape index (κ2) is 12.6. The van der Waals surface area contributed by atoms with Crippen molar-refractivity contribution in [3.63, 3.8) is 0 Å². The van der Waals surface area contributed by atoms with E-state index >= 15 is 0 Å². The largest absolute Gasteiger partial charge is 0.378 e. The molecule has 0 saturated carbocycles. The fourth-order valence-corrected chi connectivity index (χ4v) is 5.30. The minimum Gasteiger partial charge on any atom is -0.378 e. The number of ether oxygens (including phenoxy) is 1. The summed E-state index contributed by atoms with van der Waals surface area (Å²) in [5, 5.41) is 3.85.